The molecule has 3 aromatic rings. The predicted octanol–water partition coefficient (Wildman–Crippen LogP) is 4.78. The van der Waals surface area contributed by atoms with Crippen molar-refractivity contribution in [3.8, 4) is 17.2 Å². The van der Waals surface area contributed by atoms with E-state index >= 15 is 0 Å². The van der Waals surface area contributed by atoms with Gasteiger partial charge in [-0.25, -0.2) is 9.38 Å². The number of hydrogen-bond acceptors (Lipinski definition) is 4. The molecule has 6 nitrogen and oxygen atoms in total. The lowest BCUT2D eigenvalue weighted by Crippen LogP contribution is -2.30. The molecule has 0 fully saturated rings. The SMILES string of the molecule is Oc1ccccc1NC(=NCc1ccc2c(c1)OCO2)NCc1cc(Br)ccc1F. The molecule has 0 unspecified atom stereocenters. The van der Waals surface area contributed by atoms with Gasteiger partial charge >= 0.3 is 0 Å². The molecule has 0 saturated heterocycles. The molecule has 30 heavy (non-hydrogen) atoms. The quantitative estimate of drug-likeness (QED) is 0.283. The summed E-state index contributed by atoms with van der Waals surface area (Å²) in [6.45, 7) is 0.772. The smallest absolute Gasteiger partial charge is 0.231 e. The fourth-order valence-corrected chi connectivity index (χ4v) is 3.32. The zero-order chi connectivity index (χ0) is 20.9. The largest absolute Gasteiger partial charge is 0.506 e. The highest BCUT2D eigenvalue weighted by molar-refractivity contribution is 9.10. The van der Waals surface area contributed by atoms with Gasteiger partial charge in [0, 0.05) is 16.6 Å². The van der Waals surface area contributed by atoms with Gasteiger partial charge in [0.25, 0.3) is 0 Å². The maximum absolute atomic E-state index is 14.1. The fraction of sp³-hybridized carbons (Fsp3) is 0.136. The lowest BCUT2D eigenvalue weighted by molar-refractivity contribution is 0.174. The number of phenols is 1. The third-order valence-electron chi connectivity index (χ3n) is 4.47. The minimum absolute atomic E-state index is 0.0868. The average Bonchev–Trinajstić information content (AvgIpc) is 3.21. The molecule has 0 atom stereocenters. The summed E-state index contributed by atoms with van der Waals surface area (Å²) in [5.74, 6) is 1.56. The van der Waals surface area contributed by atoms with Gasteiger partial charge in [-0.15, -0.1) is 0 Å². The van der Waals surface area contributed by atoms with Crippen LogP contribution in [0.1, 0.15) is 11.1 Å². The van der Waals surface area contributed by atoms with E-state index < -0.39 is 0 Å². The van der Waals surface area contributed by atoms with Crippen molar-refractivity contribution in [2.24, 2.45) is 4.99 Å². The second-order valence-electron chi connectivity index (χ2n) is 6.58. The Morgan fingerprint density at radius 3 is 2.77 bits per heavy atom. The minimum atomic E-state index is -0.316. The van der Waals surface area contributed by atoms with Gasteiger partial charge in [-0.05, 0) is 48.0 Å². The lowest BCUT2D eigenvalue weighted by atomic mass is 10.2. The molecule has 1 heterocycles. The third-order valence-corrected chi connectivity index (χ3v) is 4.96. The van der Waals surface area contributed by atoms with Crippen LogP contribution in [0, 0.1) is 5.82 Å². The Morgan fingerprint density at radius 1 is 1.07 bits per heavy atom. The number of phenolic OH excluding ortho intramolecular Hbond substituents is 1. The molecule has 0 radical (unpaired) electrons. The van der Waals surface area contributed by atoms with Crippen LogP contribution in [0.15, 0.2) is 70.1 Å². The van der Waals surface area contributed by atoms with Gasteiger partial charge in [0.1, 0.15) is 11.6 Å². The average molecular weight is 472 g/mol. The Bertz CT molecular complexity index is 1090. The highest BCUT2D eigenvalue weighted by atomic mass is 79.9. The van der Waals surface area contributed by atoms with Gasteiger partial charge in [0.2, 0.25) is 6.79 Å². The van der Waals surface area contributed by atoms with Crippen molar-refractivity contribution < 1.29 is 19.0 Å². The Morgan fingerprint density at radius 2 is 1.90 bits per heavy atom. The number of ether oxygens (including phenoxy) is 2. The number of anilines is 1. The van der Waals surface area contributed by atoms with Crippen LogP contribution in [-0.2, 0) is 13.1 Å². The highest BCUT2D eigenvalue weighted by Crippen LogP contribution is 2.32. The number of benzene rings is 3. The van der Waals surface area contributed by atoms with Crippen LogP contribution in [0.4, 0.5) is 10.1 Å². The summed E-state index contributed by atoms with van der Waals surface area (Å²) < 4.78 is 25.6. The van der Waals surface area contributed by atoms with E-state index in [-0.39, 0.29) is 24.9 Å². The third kappa shape index (κ3) is 4.83. The van der Waals surface area contributed by atoms with E-state index in [0.29, 0.717) is 35.3 Å². The molecule has 8 heteroatoms. The van der Waals surface area contributed by atoms with E-state index in [1.165, 1.54) is 6.07 Å². The molecule has 3 N–H and O–H groups in total. The molecule has 0 spiro atoms. The summed E-state index contributed by atoms with van der Waals surface area (Å²) in [5.41, 5.74) is 1.90. The molecule has 154 valence electrons. The Kier molecular flexibility index (Phi) is 6.04. The van der Waals surface area contributed by atoms with Crippen LogP contribution >= 0.6 is 15.9 Å². The molecule has 0 aliphatic carbocycles. The van der Waals surface area contributed by atoms with Crippen molar-refractivity contribution in [2.45, 2.75) is 13.1 Å². The number of hydrogen-bond donors (Lipinski definition) is 3. The van der Waals surface area contributed by atoms with Crippen molar-refractivity contribution in [1.82, 2.24) is 5.32 Å². The second kappa shape index (κ2) is 9.04. The van der Waals surface area contributed by atoms with Crippen molar-refractivity contribution in [3.63, 3.8) is 0 Å². The van der Waals surface area contributed by atoms with E-state index in [1.807, 2.05) is 18.2 Å². The molecular weight excluding hydrogens is 453 g/mol. The monoisotopic (exact) mass is 471 g/mol. The Hall–Kier alpha value is -3.26. The Balaban J connectivity index is 1.53. The maximum atomic E-state index is 14.1. The molecule has 0 amide bonds. The molecule has 1 aliphatic rings. The van der Waals surface area contributed by atoms with E-state index in [2.05, 4.69) is 31.6 Å². The Labute approximate surface area is 181 Å². The van der Waals surface area contributed by atoms with Gasteiger partial charge in [0.05, 0.1) is 12.2 Å². The zero-order valence-electron chi connectivity index (χ0n) is 15.9. The number of aromatic hydroxyl groups is 1. The number of fused-ring (bicyclic) bond motifs is 1. The first kappa shape index (κ1) is 20.0. The van der Waals surface area contributed by atoms with Gasteiger partial charge < -0.3 is 25.2 Å². The summed E-state index contributed by atoms with van der Waals surface area (Å²) in [4.78, 5) is 4.58. The second-order valence-corrected chi connectivity index (χ2v) is 7.50. The van der Waals surface area contributed by atoms with Crippen LogP contribution in [0.5, 0.6) is 17.2 Å². The number of aliphatic imine (C=N–C) groups is 1. The first-order chi connectivity index (χ1) is 14.6. The molecule has 1 aliphatic heterocycles. The van der Waals surface area contributed by atoms with Gasteiger partial charge in [-0.1, -0.05) is 34.1 Å². The molecule has 0 bridgehead atoms. The first-order valence-electron chi connectivity index (χ1n) is 9.24. The lowest BCUT2D eigenvalue weighted by Gasteiger charge is -2.14. The number of nitrogens with one attached hydrogen (secondary N) is 2. The normalized spacial score (nSPS) is 12.7. The molecule has 4 rings (SSSR count). The van der Waals surface area contributed by atoms with Gasteiger partial charge in [0.15, 0.2) is 17.5 Å². The topological polar surface area (TPSA) is 75.1 Å². The summed E-state index contributed by atoms with van der Waals surface area (Å²) in [5, 5.41) is 16.3. The van der Waals surface area contributed by atoms with Crippen LogP contribution in [-0.4, -0.2) is 17.9 Å². The molecule has 3 aromatic carbocycles. The highest BCUT2D eigenvalue weighted by Gasteiger charge is 2.13. The van der Waals surface area contributed by atoms with Crippen molar-refractivity contribution in [1.29, 1.82) is 0 Å². The number of halogens is 2. The molecule has 0 saturated carbocycles. The number of rotatable bonds is 5. The van der Waals surface area contributed by atoms with Crippen LogP contribution in [0.25, 0.3) is 0 Å². The van der Waals surface area contributed by atoms with Gasteiger partial charge in [-0.3, -0.25) is 0 Å². The molecular formula is C22H19BrFN3O3. The van der Waals surface area contributed by atoms with Crippen LogP contribution in [0.3, 0.4) is 0 Å². The van der Waals surface area contributed by atoms with E-state index in [1.54, 1.807) is 36.4 Å². The van der Waals surface area contributed by atoms with Crippen molar-refractivity contribution in [2.75, 3.05) is 12.1 Å². The number of guanidine groups is 1. The zero-order valence-corrected chi connectivity index (χ0v) is 17.4. The minimum Gasteiger partial charge on any atom is -0.506 e. The van der Waals surface area contributed by atoms with E-state index in [4.69, 9.17) is 9.47 Å². The first-order valence-corrected chi connectivity index (χ1v) is 10.0. The number of para-hydroxylation sites is 2. The molecule has 0 aromatic heterocycles. The summed E-state index contributed by atoms with van der Waals surface area (Å²) in [6.07, 6.45) is 0. The van der Waals surface area contributed by atoms with E-state index in [0.717, 1.165) is 10.0 Å². The van der Waals surface area contributed by atoms with Crippen molar-refractivity contribution >= 4 is 27.6 Å². The van der Waals surface area contributed by atoms with E-state index in [9.17, 15) is 9.50 Å². The summed E-state index contributed by atoms with van der Waals surface area (Å²) >= 11 is 3.36. The predicted molar refractivity (Wildman–Crippen MR) is 116 cm³/mol. The van der Waals surface area contributed by atoms with Crippen molar-refractivity contribution in [3.05, 3.63) is 82.1 Å². The van der Waals surface area contributed by atoms with Crippen LogP contribution in [0.2, 0.25) is 0 Å². The van der Waals surface area contributed by atoms with Crippen LogP contribution < -0.4 is 20.1 Å². The fourth-order valence-electron chi connectivity index (χ4n) is 2.91. The summed E-state index contributed by atoms with van der Waals surface area (Å²) in [6, 6.07) is 17.2. The summed E-state index contributed by atoms with van der Waals surface area (Å²) in [7, 11) is 0. The number of nitrogens with zero attached hydrogens (tertiary/aromatic N) is 1. The van der Waals surface area contributed by atoms with Gasteiger partial charge in [-0.2, -0.15) is 0 Å². The maximum Gasteiger partial charge on any atom is 0.231 e. The standard InChI is InChI=1S/C22H19BrFN3O3/c23-16-6-7-17(24)15(10-16)12-26-22(27-18-3-1-2-4-19(18)28)25-11-14-5-8-20-21(9-14)30-13-29-20/h1-10,28H,11-13H2,(H2,25,26,27).